The maximum Gasteiger partial charge on any atom is 0.410 e. The summed E-state index contributed by atoms with van der Waals surface area (Å²) in [5, 5.41) is 0.887. The third-order valence-corrected chi connectivity index (χ3v) is 4.80. The van der Waals surface area contributed by atoms with Crippen LogP contribution in [-0.2, 0) is 15.1 Å². The van der Waals surface area contributed by atoms with E-state index in [2.05, 4.69) is 20.9 Å². The van der Waals surface area contributed by atoms with E-state index in [4.69, 9.17) is 9.47 Å². The molecule has 1 aromatic rings. The van der Waals surface area contributed by atoms with Gasteiger partial charge in [-0.1, -0.05) is 0 Å². The maximum absolute atomic E-state index is 12.1. The van der Waals surface area contributed by atoms with Gasteiger partial charge in [0.2, 0.25) is 0 Å². The summed E-state index contributed by atoms with van der Waals surface area (Å²) in [5.41, 5.74) is -1.01. The normalized spacial score (nSPS) is 23.1. The average Bonchev–Trinajstić information content (AvgIpc) is 2.93. The van der Waals surface area contributed by atoms with E-state index >= 15 is 0 Å². The number of hydrogen-bond donors (Lipinski definition) is 0. The Morgan fingerprint density at radius 3 is 2.75 bits per heavy atom. The summed E-state index contributed by atoms with van der Waals surface area (Å²) in [7, 11) is 1.66. The van der Waals surface area contributed by atoms with Crippen LogP contribution in [0.2, 0.25) is 0 Å². The van der Waals surface area contributed by atoms with Crippen LogP contribution in [0.15, 0.2) is 9.98 Å². The molecule has 1 saturated heterocycles. The van der Waals surface area contributed by atoms with Crippen LogP contribution >= 0.6 is 27.3 Å². The standard InChI is InChI=1S/C13H19BrN2O3S/c1-12(2,3)19-11(17)16-6-5-13(8-16,18-4)10-15-7-9(14)20-10/h7H,5-6,8H2,1-4H3. The van der Waals surface area contributed by atoms with Gasteiger partial charge in [-0.2, -0.15) is 0 Å². The van der Waals surface area contributed by atoms with Crippen molar-refractivity contribution >= 4 is 33.4 Å². The number of nitrogens with zero attached hydrogens (tertiary/aromatic N) is 2. The van der Waals surface area contributed by atoms with Gasteiger partial charge < -0.3 is 14.4 Å². The minimum Gasteiger partial charge on any atom is -0.444 e. The molecule has 1 aliphatic rings. The van der Waals surface area contributed by atoms with Gasteiger partial charge in [-0.15, -0.1) is 11.3 Å². The zero-order chi connectivity index (χ0) is 15.0. The molecule has 0 aromatic carbocycles. The first-order valence-corrected chi connectivity index (χ1v) is 8.02. The van der Waals surface area contributed by atoms with Crippen LogP contribution in [0.5, 0.6) is 0 Å². The molecule has 0 aliphatic carbocycles. The number of halogens is 1. The Morgan fingerprint density at radius 2 is 2.25 bits per heavy atom. The van der Waals surface area contributed by atoms with Gasteiger partial charge in [0.25, 0.3) is 0 Å². The van der Waals surface area contributed by atoms with Crippen LogP contribution in [0.4, 0.5) is 4.79 Å². The first kappa shape index (κ1) is 15.7. The van der Waals surface area contributed by atoms with E-state index in [0.29, 0.717) is 13.1 Å². The summed E-state index contributed by atoms with van der Waals surface area (Å²) in [6.07, 6.45) is 2.19. The first-order valence-electron chi connectivity index (χ1n) is 6.41. The van der Waals surface area contributed by atoms with Gasteiger partial charge in [0.05, 0.1) is 16.5 Å². The van der Waals surface area contributed by atoms with Gasteiger partial charge in [-0.3, -0.25) is 0 Å². The van der Waals surface area contributed by atoms with Crippen molar-refractivity contribution in [1.82, 2.24) is 9.88 Å². The van der Waals surface area contributed by atoms with Gasteiger partial charge >= 0.3 is 6.09 Å². The molecule has 2 rings (SSSR count). The molecule has 20 heavy (non-hydrogen) atoms. The molecule has 1 unspecified atom stereocenters. The zero-order valence-electron chi connectivity index (χ0n) is 12.1. The number of methoxy groups -OCH3 is 1. The van der Waals surface area contributed by atoms with Crippen LogP contribution in [-0.4, -0.2) is 41.8 Å². The zero-order valence-corrected chi connectivity index (χ0v) is 14.5. The summed E-state index contributed by atoms with van der Waals surface area (Å²) in [4.78, 5) is 18.2. The van der Waals surface area contributed by atoms with Gasteiger partial charge in [-0.25, -0.2) is 9.78 Å². The minimum atomic E-state index is -0.520. The summed E-state index contributed by atoms with van der Waals surface area (Å²) in [5.74, 6) is 0. The van der Waals surface area contributed by atoms with E-state index in [1.165, 1.54) is 11.3 Å². The van der Waals surface area contributed by atoms with Crippen LogP contribution in [0.3, 0.4) is 0 Å². The third kappa shape index (κ3) is 3.32. The second-order valence-corrected chi connectivity index (χ2v) is 8.23. The monoisotopic (exact) mass is 362 g/mol. The second-order valence-electron chi connectivity index (χ2n) is 5.82. The van der Waals surface area contributed by atoms with E-state index in [0.717, 1.165) is 15.2 Å². The molecule has 0 N–H and O–H groups in total. The van der Waals surface area contributed by atoms with Crippen molar-refractivity contribution in [2.24, 2.45) is 0 Å². The molecule has 1 aliphatic heterocycles. The Hall–Kier alpha value is -0.660. The lowest BCUT2D eigenvalue weighted by Crippen LogP contribution is -2.38. The SMILES string of the molecule is COC1(c2ncc(Br)s2)CCN(C(=O)OC(C)(C)C)C1. The lowest BCUT2D eigenvalue weighted by molar-refractivity contribution is -0.0131. The molecule has 1 fully saturated rings. The topological polar surface area (TPSA) is 51.7 Å². The van der Waals surface area contributed by atoms with E-state index in [1.54, 1.807) is 18.2 Å². The maximum atomic E-state index is 12.1. The van der Waals surface area contributed by atoms with Crippen molar-refractivity contribution in [3.63, 3.8) is 0 Å². The number of aromatic nitrogens is 1. The second kappa shape index (κ2) is 5.61. The van der Waals surface area contributed by atoms with E-state index in [9.17, 15) is 4.79 Å². The number of carbonyl (C=O) groups is 1. The highest BCUT2D eigenvalue weighted by Crippen LogP contribution is 2.39. The molecule has 7 heteroatoms. The summed E-state index contributed by atoms with van der Waals surface area (Å²) in [6.45, 7) is 6.67. The molecule has 0 saturated carbocycles. The minimum absolute atomic E-state index is 0.299. The highest BCUT2D eigenvalue weighted by atomic mass is 79.9. The molecule has 2 heterocycles. The van der Waals surface area contributed by atoms with Crippen molar-refractivity contribution in [2.45, 2.75) is 38.4 Å². The van der Waals surface area contributed by atoms with Crippen molar-refractivity contribution in [1.29, 1.82) is 0 Å². The average molecular weight is 363 g/mol. The highest BCUT2D eigenvalue weighted by Gasteiger charge is 2.45. The summed E-state index contributed by atoms with van der Waals surface area (Å²) < 4.78 is 12.1. The first-order chi connectivity index (χ1) is 9.26. The lowest BCUT2D eigenvalue weighted by Gasteiger charge is -2.27. The number of rotatable bonds is 2. The summed E-state index contributed by atoms with van der Waals surface area (Å²) >= 11 is 4.95. The van der Waals surface area contributed by atoms with Gasteiger partial charge in [-0.05, 0) is 36.7 Å². The van der Waals surface area contributed by atoms with Crippen molar-refractivity contribution in [3.05, 3.63) is 15.0 Å². The predicted molar refractivity (Wildman–Crippen MR) is 80.9 cm³/mol. The molecule has 5 nitrogen and oxygen atoms in total. The number of thiazole rings is 1. The van der Waals surface area contributed by atoms with Crippen molar-refractivity contribution in [3.8, 4) is 0 Å². The van der Waals surface area contributed by atoms with Crippen LogP contribution < -0.4 is 0 Å². The Kier molecular flexibility index (Phi) is 4.41. The number of carbonyl (C=O) groups excluding carboxylic acids is 1. The van der Waals surface area contributed by atoms with Gasteiger partial charge in [0.15, 0.2) is 0 Å². The van der Waals surface area contributed by atoms with Crippen molar-refractivity contribution in [2.75, 3.05) is 20.2 Å². The molecule has 1 atom stereocenters. The van der Waals surface area contributed by atoms with E-state index in [1.807, 2.05) is 20.8 Å². The van der Waals surface area contributed by atoms with Crippen molar-refractivity contribution < 1.29 is 14.3 Å². The molecule has 0 spiro atoms. The predicted octanol–water partition coefficient (Wildman–Crippen LogP) is 3.39. The molecule has 0 bridgehead atoms. The molecule has 0 radical (unpaired) electrons. The third-order valence-electron chi connectivity index (χ3n) is 3.14. The fraction of sp³-hybridized carbons (Fsp3) is 0.692. The van der Waals surface area contributed by atoms with Gasteiger partial charge in [0, 0.05) is 20.1 Å². The molecular weight excluding hydrogens is 344 g/mol. The Morgan fingerprint density at radius 1 is 1.55 bits per heavy atom. The number of hydrogen-bond acceptors (Lipinski definition) is 5. The fourth-order valence-corrected chi connectivity index (χ4v) is 3.55. The molecule has 1 amide bonds. The van der Waals surface area contributed by atoms with Crippen LogP contribution in [0.1, 0.15) is 32.2 Å². The van der Waals surface area contributed by atoms with Gasteiger partial charge in [0.1, 0.15) is 16.2 Å². The molecule has 1 aromatic heterocycles. The molecule has 112 valence electrons. The Balaban J connectivity index is 2.11. The smallest absolute Gasteiger partial charge is 0.410 e. The van der Waals surface area contributed by atoms with E-state index < -0.39 is 11.2 Å². The molecular formula is C13H19BrN2O3S. The fourth-order valence-electron chi connectivity index (χ4n) is 2.16. The van der Waals surface area contributed by atoms with Crippen LogP contribution in [0, 0.1) is 0 Å². The number of likely N-dealkylation sites (tertiary alicyclic amines) is 1. The van der Waals surface area contributed by atoms with Crippen LogP contribution in [0.25, 0.3) is 0 Å². The quantitative estimate of drug-likeness (QED) is 0.808. The Bertz CT molecular complexity index is 500. The highest BCUT2D eigenvalue weighted by molar-refractivity contribution is 9.11. The largest absolute Gasteiger partial charge is 0.444 e. The summed E-state index contributed by atoms with van der Waals surface area (Å²) in [6, 6.07) is 0. The lowest BCUT2D eigenvalue weighted by atomic mass is 10.0. The van der Waals surface area contributed by atoms with E-state index in [-0.39, 0.29) is 6.09 Å². The number of ether oxygens (including phenoxy) is 2. The Labute approximate surface area is 131 Å². The number of amides is 1.